The third kappa shape index (κ3) is 3.48. The largest absolute Gasteiger partial charge is 0.0654 e. The smallest absolute Gasteiger partial charge is 0.0306 e. The van der Waals surface area contributed by atoms with Crippen molar-refractivity contribution < 1.29 is 0 Å². The molecule has 1 atom stereocenters. The number of hydrogen-bond acceptors (Lipinski definition) is 0. The monoisotopic (exact) mass is 238 g/mol. The molecule has 0 bridgehead atoms. The molecule has 0 aliphatic heterocycles. The van der Waals surface area contributed by atoms with Crippen molar-refractivity contribution in [3.63, 3.8) is 0 Å². The molecule has 0 heteroatoms. The summed E-state index contributed by atoms with van der Waals surface area (Å²) in [5.74, 6) is 3.94. The van der Waals surface area contributed by atoms with E-state index in [-0.39, 0.29) is 0 Å². The van der Waals surface area contributed by atoms with Crippen LogP contribution in [-0.4, -0.2) is 0 Å². The quantitative estimate of drug-likeness (QED) is 0.517. The summed E-state index contributed by atoms with van der Waals surface area (Å²) < 4.78 is 0. The van der Waals surface area contributed by atoms with E-state index in [1.54, 1.807) is 0 Å². The molecule has 0 nitrogen and oxygen atoms in total. The summed E-state index contributed by atoms with van der Waals surface area (Å²) in [7, 11) is 0. The van der Waals surface area contributed by atoms with Crippen molar-refractivity contribution in [2.24, 2.45) is 29.1 Å². The van der Waals surface area contributed by atoms with Crippen LogP contribution < -0.4 is 0 Å². The minimum Gasteiger partial charge on any atom is -0.0654 e. The fourth-order valence-electron chi connectivity index (χ4n) is 4.53. The van der Waals surface area contributed by atoms with Gasteiger partial charge in [0.15, 0.2) is 0 Å². The van der Waals surface area contributed by atoms with Gasteiger partial charge in [-0.2, -0.15) is 0 Å². The highest BCUT2D eigenvalue weighted by molar-refractivity contribution is 4.92. The Morgan fingerprint density at radius 1 is 1.06 bits per heavy atom. The molecule has 1 aliphatic rings. The lowest BCUT2D eigenvalue weighted by Crippen LogP contribution is -2.41. The Labute approximate surface area is 110 Å². The third-order valence-electron chi connectivity index (χ3n) is 5.27. The van der Waals surface area contributed by atoms with Crippen molar-refractivity contribution >= 4 is 0 Å². The third-order valence-corrected chi connectivity index (χ3v) is 5.27. The van der Waals surface area contributed by atoms with E-state index in [4.69, 9.17) is 0 Å². The van der Waals surface area contributed by atoms with Gasteiger partial charge < -0.3 is 0 Å². The van der Waals surface area contributed by atoms with E-state index in [1.807, 2.05) is 0 Å². The maximum absolute atomic E-state index is 2.53. The van der Waals surface area contributed by atoms with Crippen molar-refractivity contribution in [2.45, 2.75) is 80.1 Å². The Bertz CT molecular complexity index is 206. The molecule has 0 aromatic carbocycles. The second kappa shape index (κ2) is 6.25. The van der Waals surface area contributed by atoms with E-state index in [0.29, 0.717) is 5.41 Å². The Balaban J connectivity index is 2.77. The van der Waals surface area contributed by atoms with E-state index in [1.165, 1.54) is 38.5 Å². The lowest BCUT2D eigenvalue weighted by atomic mass is 9.56. The van der Waals surface area contributed by atoms with Crippen LogP contribution in [0, 0.1) is 29.1 Å². The first-order valence-electron chi connectivity index (χ1n) is 7.96. The fraction of sp³-hybridized carbons (Fsp3) is 1.00. The summed E-state index contributed by atoms with van der Waals surface area (Å²) in [6, 6.07) is 0. The topological polar surface area (TPSA) is 0 Å². The molecular formula is C17H34. The van der Waals surface area contributed by atoms with Crippen LogP contribution in [-0.2, 0) is 0 Å². The summed E-state index contributed by atoms with van der Waals surface area (Å²) in [5.41, 5.74) is 0.552. The predicted octanol–water partition coefficient (Wildman–Crippen LogP) is 5.91. The molecule has 0 aromatic heterocycles. The lowest BCUT2D eigenvalue weighted by Gasteiger charge is -2.50. The zero-order chi connectivity index (χ0) is 13.1. The van der Waals surface area contributed by atoms with Gasteiger partial charge in [0.05, 0.1) is 0 Å². The van der Waals surface area contributed by atoms with Gasteiger partial charge in [0.1, 0.15) is 0 Å². The van der Waals surface area contributed by atoms with Gasteiger partial charge in [0.2, 0.25) is 0 Å². The van der Waals surface area contributed by atoms with Crippen LogP contribution >= 0.6 is 0 Å². The lowest BCUT2D eigenvalue weighted by molar-refractivity contribution is -0.00128. The highest BCUT2D eigenvalue weighted by Gasteiger charge is 2.43. The van der Waals surface area contributed by atoms with Crippen LogP contribution in [0.2, 0.25) is 0 Å². The molecule has 0 heterocycles. The zero-order valence-corrected chi connectivity index (χ0v) is 13.1. The first kappa shape index (κ1) is 15.1. The molecule has 1 saturated carbocycles. The van der Waals surface area contributed by atoms with E-state index < -0.39 is 0 Å². The van der Waals surface area contributed by atoms with Gasteiger partial charge in [0.25, 0.3) is 0 Å². The molecular weight excluding hydrogens is 204 g/mol. The van der Waals surface area contributed by atoms with Crippen LogP contribution in [0.5, 0.6) is 0 Å². The summed E-state index contributed by atoms with van der Waals surface area (Å²) in [5, 5.41) is 0. The fourth-order valence-corrected chi connectivity index (χ4v) is 4.53. The first-order valence-corrected chi connectivity index (χ1v) is 7.96. The van der Waals surface area contributed by atoms with Crippen LogP contribution in [0.15, 0.2) is 0 Å². The average Bonchev–Trinajstić information content (AvgIpc) is 2.21. The SMILES string of the molecule is CCCC(C)(C)C(C(CC)CC)C1CC(C)C1. The van der Waals surface area contributed by atoms with Crippen LogP contribution in [0.4, 0.5) is 0 Å². The first-order chi connectivity index (χ1) is 7.96. The standard InChI is InChI=1S/C17H34/c1-7-10-17(5,6)16(14(8-2)9-3)15-11-13(4)12-15/h13-16H,7-12H2,1-6H3. The van der Waals surface area contributed by atoms with Crippen LogP contribution in [0.1, 0.15) is 80.1 Å². The van der Waals surface area contributed by atoms with Crippen LogP contribution in [0.25, 0.3) is 0 Å². The predicted molar refractivity (Wildman–Crippen MR) is 78.1 cm³/mol. The highest BCUT2D eigenvalue weighted by atomic mass is 14.5. The van der Waals surface area contributed by atoms with E-state index in [2.05, 4.69) is 41.5 Å². The Kier molecular flexibility index (Phi) is 5.54. The molecule has 0 amide bonds. The van der Waals surface area contributed by atoms with Gasteiger partial charge in [0, 0.05) is 0 Å². The van der Waals surface area contributed by atoms with Crippen molar-refractivity contribution in [3.05, 3.63) is 0 Å². The molecule has 0 radical (unpaired) electrons. The molecule has 0 saturated heterocycles. The van der Waals surface area contributed by atoms with Crippen molar-refractivity contribution in [1.82, 2.24) is 0 Å². The Morgan fingerprint density at radius 2 is 1.59 bits per heavy atom. The summed E-state index contributed by atoms with van der Waals surface area (Å²) in [4.78, 5) is 0. The second-order valence-corrected chi connectivity index (χ2v) is 7.18. The molecule has 0 N–H and O–H groups in total. The molecule has 102 valence electrons. The number of hydrogen-bond donors (Lipinski definition) is 0. The molecule has 1 aliphatic carbocycles. The number of rotatable bonds is 7. The van der Waals surface area contributed by atoms with Crippen molar-refractivity contribution in [3.8, 4) is 0 Å². The van der Waals surface area contributed by atoms with Gasteiger partial charge in [-0.3, -0.25) is 0 Å². The summed E-state index contributed by atoms with van der Waals surface area (Å²) in [6.07, 6.45) is 8.48. The maximum Gasteiger partial charge on any atom is -0.0306 e. The van der Waals surface area contributed by atoms with Gasteiger partial charge >= 0.3 is 0 Å². The zero-order valence-electron chi connectivity index (χ0n) is 13.1. The normalized spacial score (nSPS) is 27.0. The molecule has 0 spiro atoms. The molecule has 0 aromatic rings. The summed E-state index contributed by atoms with van der Waals surface area (Å²) in [6.45, 7) is 14.6. The maximum atomic E-state index is 2.53. The minimum absolute atomic E-state index is 0.552. The molecule has 17 heavy (non-hydrogen) atoms. The Morgan fingerprint density at radius 3 is 1.94 bits per heavy atom. The van der Waals surface area contributed by atoms with Crippen molar-refractivity contribution in [1.29, 1.82) is 0 Å². The van der Waals surface area contributed by atoms with E-state index >= 15 is 0 Å². The van der Waals surface area contributed by atoms with Gasteiger partial charge in [-0.15, -0.1) is 0 Å². The van der Waals surface area contributed by atoms with Gasteiger partial charge in [-0.1, -0.05) is 60.8 Å². The van der Waals surface area contributed by atoms with Crippen molar-refractivity contribution in [2.75, 3.05) is 0 Å². The van der Waals surface area contributed by atoms with Gasteiger partial charge in [-0.05, 0) is 48.3 Å². The average molecular weight is 238 g/mol. The second-order valence-electron chi connectivity index (χ2n) is 7.18. The van der Waals surface area contributed by atoms with Crippen LogP contribution in [0.3, 0.4) is 0 Å². The molecule has 1 rings (SSSR count). The molecule has 1 unspecified atom stereocenters. The Hall–Kier alpha value is 0. The summed E-state index contributed by atoms with van der Waals surface area (Å²) >= 11 is 0. The van der Waals surface area contributed by atoms with Gasteiger partial charge in [-0.25, -0.2) is 0 Å². The minimum atomic E-state index is 0.552. The highest BCUT2D eigenvalue weighted by Crippen LogP contribution is 2.51. The molecule has 1 fully saturated rings. The van der Waals surface area contributed by atoms with E-state index in [0.717, 1.165) is 23.7 Å². The van der Waals surface area contributed by atoms with E-state index in [9.17, 15) is 0 Å².